The summed E-state index contributed by atoms with van der Waals surface area (Å²) < 4.78 is 2.16. The smallest absolute Gasteiger partial charge is 0.0949 e. The van der Waals surface area contributed by atoms with E-state index in [0.717, 1.165) is 25.1 Å². The third-order valence-electron chi connectivity index (χ3n) is 3.12. The van der Waals surface area contributed by atoms with E-state index in [1.165, 1.54) is 5.56 Å². The van der Waals surface area contributed by atoms with E-state index in [0.29, 0.717) is 5.92 Å². The highest BCUT2D eigenvalue weighted by Gasteiger charge is 2.03. The van der Waals surface area contributed by atoms with Crippen molar-refractivity contribution in [2.75, 3.05) is 0 Å². The Morgan fingerprint density at radius 2 is 2.11 bits per heavy atom. The minimum absolute atomic E-state index is 0.488. The van der Waals surface area contributed by atoms with Gasteiger partial charge in [-0.2, -0.15) is 0 Å². The summed E-state index contributed by atoms with van der Waals surface area (Å²) in [6.45, 7) is 6.95. The summed E-state index contributed by atoms with van der Waals surface area (Å²) in [7, 11) is 0. The van der Waals surface area contributed by atoms with Gasteiger partial charge in [0, 0.05) is 12.7 Å². The highest BCUT2D eigenvalue weighted by molar-refractivity contribution is 5.14. The molecule has 2 heteroatoms. The van der Waals surface area contributed by atoms with Crippen LogP contribution >= 0.6 is 0 Å². The van der Waals surface area contributed by atoms with Gasteiger partial charge in [-0.15, -0.1) is 6.58 Å². The van der Waals surface area contributed by atoms with Crippen molar-refractivity contribution in [1.29, 1.82) is 0 Å². The third kappa shape index (κ3) is 3.59. The van der Waals surface area contributed by atoms with E-state index in [9.17, 15) is 0 Å². The lowest BCUT2D eigenvalue weighted by molar-refractivity contribution is 0.688. The summed E-state index contributed by atoms with van der Waals surface area (Å²) in [5.74, 6) is 0.488. The maximum atomic E-state index is 4.43. The highest BCUT2D eigenvalue weighted by atomic mass is 15.0. The molecule has 0 saturated heterocycles. The summed E-state index contributed by atoms with van der Waals surface area (Å²) in [6, 6.07) is 10.5. The Labute approximate surface area is 109 Å². The van der Waals surface area contributed by atoms with E-state index < -0.39 is 0 Å². The lowest BCUT2D eigenvalue weighted by atomic mass is 10.1. The first kappa shape index (κ1) is 12.6. The maximum Gasteiger partial charge on any atom is 0.0949 e. The molecule has 1 heterocycles. The molecular weight excluding hydrogens is 220 g/mol. The number of allylic oxidation sites excluding steroid dienone is 1. The average molecular weight is 240 g/mol. The molecule has 1 aromatic carbocycles. The molecule has 0 N–H and O–H groups in total. The van der Waals surface area contributed by atoms with Gasteiger partial charge in [0.15, 0.2) is 0 Å². The van der Waals surface area contributed by atoms with Crippen molar-refractivity contribution < 1.29 is 0 Å². The molecule has 1 unspecified atom stereocenters. The first-order valence-corrected chi connectivity index (χ1v) is 6.45. The Kier molecular flexibility index (Phi) is 4.35. The Morgan fingerprint density at radius 1 is 1.33 bits per heavy atom. The molecule has 0 aliphatic carbocycles. The number of aromatic nitrogens is 2. The van der Waals surface area contributed by atoms with Gasteiger partial charge in [-0.1, -0.05) is 43.3 Å². The fraction of sp³-hybridized carbons (Fsp3) is 0.312. The predicted molar refractivity (Wildman–Crippen MR) is 75.4 cm³/mol. The minimum atomic E-state index is 0.488. The number of aryl methyl sites for hydroxylation is 2. The van der Waals surface area contributed by atoms with Gasteiger partial charge in [0.2, 0.25) is 0 Å². The van der Waals surface area contributed by atoms with Gasteiger partial charge in [0.25, 0.3) is 0 Å². The summed E-state index contributed by atoms with van der Waals surface area (Å²) >= 11 is 0. The van der Waals surface area contributed by atoms with Crippen molar-refractivity contribution in [3.8, 4) is 0 Å². The van der Waals surface area contributed by atoms with Crippen molar-refractivity contribution >= 4 is 0 Å². The minimum Gasteiger partial charge on any atom is -0.337 e. The fourth-order valence-corrected chi connectivity index (χ4v) is 1.95. The van der Waals surface area contributed by atoms with Gasteiger partial charge in [-0.05, 0) is 24.3 Å². The number of hydrogen-bond acceptors (Lipinski definition) is 1. The molecule has 0 saturated carbocycles. The lowest BCUT2D eigenvalue weighted by Gasteiger charge is -2.03. The van der Waals surface area contributed by atoms with Crippen molar-refractivity contribution in [1.82, 2.24) is 9.55 Å². The largest absolute Gasteiger partial charge is 0.337 e. The molecule has 0 amide bonds. The molecule has 0 bridgehead atoms. The molecule has 0 fully saturated rings. The van der Waals surface area contributed by atoms with Crippen molar-refractivity contribution in [3.05, 3.63) is 66.8 Å². The SMILES string of the molecule is C=CC(C)Cc1cn(CCc2ccccc2)cn1. The van der Waals surface area contributed by atoms with E-state index in [4.69, 9.17) is 0 Å². The molecule has 0 radical (unpaired) electrons. The first-order chi connectivity index (χ1) is 8.78. The van der Waals surface area contributed by atoms with Crippen LogP contribution in [0.25, 0.3) is 0 Å². The number of benzene rings is 1. The Bertz CT molecular complexity index is 485. The molecule has 0 aliphatic rings. The zero-order valence-electron chi connectivity index (χ0n) is 10.9. The van der Waals surface area contributed by atoms with Gasteiger partial charge in [-0.25, -0.2) is 4.98 Å². The molecule has 0 aliphatic heterocycles. The van der Waals surface area contributed by atoms with Crippen LogP contribution in [-0.2, 0) is 19.4 Å². The maximum absolute atomic E-state index is 4.43. The highest BCUT2D eigenvalue weighted by Crippen LogP contribution is 2.08. The van der Waals surface area contributed by atoms with Crippen LogP contribution < -0.4 is 0 Å². The second kappa shape index (κ2) is 6.20. The Balaban J connectivity index is 1.89. The predicted octanol–water partition coefficient (Wildman–Crippen LogP) is 3.49. The quantitative estimate of drug-likeness (QED) is 0.707. The molecule has 1 aromatic heterocycles. The van der Waals surface area contributed by atoms with E-state index in [1.807, 2.05) is 12.4 Å². The molecule has 2 aromatic rings. The van der Waals surface area contributed by atoms with Crippen LogP contribution in [0.5, 0.6) is 0 Å². The Hall–Kier alpha value is -1.83. The second-order valence-electron chi connectivity index (χ2n) is 4.76. The molecular formula is C16H20N2. The fourth-order valence-electron chi connectivity index (χ4n) is 1.95. The zero-order chi connectivity index (χ0) is 12.8. The van der Waals surface area contributed by atoms with Gasteiger partial charge in [0.05, 0.1) is 12.0 Å². The standard InChI is InChI=1S/C16H20N2/c1-3-14(2)11-16-12-18(13-17-16)10-9-15-7-5-4-6-8-15/h3-8,12-14H,1,9-11H2,2H3. The second-order valence-corrected chi connectivity index (χ2v) is 4.76. The normalized spacial score (nSPS) is 12.3. The number of rotatable bonds is 6. The van der Waals surface area contributed by atoms with Gasteiger partial charge in [-0.3, -0.25) is 0 Å². The summed E-state index contributed by atoms with van der Waals surface area (Å²) in [4.78, 5) is 4.43. The van der Waals surface area contributed by atoms with Gasteiger partial charge < -0.3 is 4.57 Å². The molecule has 0 spiro atoms. The van der Waals surface area contributed by atoms with Crippen molar-refractivity contribution in [3.63, 3.8) is 0 Å². The third-order valence-corrected chi connectivity index (χ3v) is 3.12. The van der Waals surface area contributed by atoms with E-state index >= 15 is 0 Å². The molecule has 18 heavy (non-hydrogen) atoms. The van der Waals surface area contributed by atoms with Crippen LogP contribution in [0.2, 0.25) is 0 Å². The van der Waals surface area contributed by atoms with Crippen molar-refractivity contribution in [2.45, 2.75) is 26.3 Å². The Morgan fingerprint density at radius 3 is 2.83 bits per heavy atom. The van der Waals surface area contributed by atoms with Crippen LogP contribution in [0.15, 0.2) is 55.5 Å². The zero-order valence-corrected chi connectivity index (χ0v) is 10.9. The van der Waals surface area contributed by atoms with Gasteiger partial charge in [0.1, 0.15) is 0 Å². The van der Waals surface area contributed by atoms with E-state index in [-0.39, 0.29) is 0 Å². The molecule has 2 nitrogen and oxygen atoms in total. The summed E-state index contributed by atoms with van der Waals surface area (Å²) in [6.07, 6.45) is 8.06. The lowest BCUT2D eigenvalue weighted by Crippen LogP contribution is -1.99. The average Bonchev–Trinajstić information content (AvgIpc) is 2.85. The van der Waals surface area contributed by atoms with Crippen molar-refractivity contribution in [2.24, 2.45) is 5.92 Å². The van der Waals surface area contributed by atoms with E-state index in [2.05, 4.69) is 59.6 Å². The summed E-state index contributed by atoms with van der Waals surface area (Å²) in [5, 5.41) is 0. The van der Waals surface area contributed by atoms with E-state index in [1.54, 1.807) is 0 Å². The van der Waals surface area contributed by atoms with Crippen LogP contribution in [-0.4, -0.2) is 9.55 Å². The van der Waals surface area contributed by atoms with Crippen LogP contribution in [0, 0.1) is 5.92 Å². The van der Waals surface area contributed by atoms with Crippen LogP contribution in [0.1, 0.15) is 18.2 Å². The molecule has 94 valence electrons. The first-order valence-electron chi connectivity index (χ1n) is 6.45. The monoisotopic (exact) mass is 240 g/mol. The number of hydrogen-bond donors (Lipinski definition) is 0. The van der Waals surface area contributed by atoms with Gasteiger partial charge >= 0.3 is 0 Å². The van der Waals surface area contributed by atoms with Crippen LogP contribution in [0.3, 0.4) is 0 Å². The number of imidazole rings is 1. The van der Waals surface area contributed by atoms with Crippen LogP contribution in [0.4, 0.5) is 0 Å². The summed E-state index contributed by atoms with van der Waals surface area (Å²) in [5.41, 5.74) is 2.52. The molecule has 1 atom stereocenters. The molecule has 2 rings (SSSR count). The topological polar surface area (TPSA) is 17.8 Å². The number of nitrogens with zero attached hydrogens (tertiary/aromatic N) is 2.